The fraction of sp³-hybridized carbons (Fsp3) is 0.0625. The third-order valence-electron chi connectivity index (χ3n) is 3.40. The van der Waals surface area contributed by atoms with Crippen LogP contribution in [0.5, 0.6) is 0 Å². The van der Waals surface area contributed by atoms with E-state index in [2.05, 4.69) is 36.7 Å². The van der Waals surface area contributed by atoms with Crippen LogP contribution in [0.3, 0.4) is 0 Å². The second kappa shape index (κ2) is 8.54. The summed E-state index contributed by atoms with van der Waals surface area (Å²) in [5.41, 5.74) is 5.37. The van der Waals surface area contributed by atoms with Crippen LogP contribution >= 0.6 is 39.0 Å². The van der Waals surface area contributed by atoms with Gasteiger partial charge in [0.25, 0.3) is 17.5 Å². The number of hydrogen-bond acceptors (Lipinski definition) is 7. The van der Waals surface area contributed by atoms with Crippen LogP contribution in [0, 0.1) is 17.0 Å². The Kier molecular flexibility index (Phi) is 6.11. The topological polar surface area (TPSA) is 130 Å². The first-order valence-corrected chi connectivity index (χ1v) is 10.2. The van der Waals surface area contributed by atoms with Crippen molar-refractivity contribution < 1.29 is 14.5 Å². The maximum Gasteiger partial charge on any atom is 0.286 e. The van der Waals surface area contributed by atoms with Gasteiger partial charge in [-0.2, -0.15) is 0 Å². The molecule has 0 saturated heterocycles. The van der Waals surface area contributed by atoms with E-state index < -0.39 is 16.7 Å². The van der Waals surface area contributed by atoms with Crippen LogP contribution < -0.4 is 10.9 Å². The summed E-state index contributed by atoms with van der Waals surface area (Å²) in [6, 6.07) is 5.63. The van der Waals surface area contributed by atoms with E-state index in [1.807, 2.05) is 12.3 Å². The summed E-state index contributed by atoms with van der Waals surface area (Å²) in [4.78, 5) is 42.4. The van der Waals surface area contributed by atoms with Gasteiger partial charge < -0.3 is 4.98 Å². The summed E-state index contributed by atoms with van der Waals surface area (Å²) in [6.45, 7) is 1.84. The SMILES string of the molecule is Cc1csc(Sc2ccc(C(=O)NNC(=O)c3cc(Br)c[nH]3)cc2[N+](=O)[O-])n1. The number of carbonyl (C=O) groups excluding carboxylic acids is 2. The summed E-state index contributed by atoms with van der Waals surface area (Å²) in [5.74, 6) is -1.23. The second-order valence-corrected chi connectivity index (χ2v) is 8.50. The number of amides is 2. The number of nitro benzene ring substituents is 1. The van der Waals surface area contributed by atoms with E-state index in [9.17, 15) is 19.7 Å². The maximum absolute atomic E-state index is 12.2. The number of aromatic amines is 1. The van der Waals surface area contributed by atoms with Crippen molar-refractivity contribution in [1.82, 2.24) is 20.8 Å². The molecule has 0 aliphatic carbocycles. The number of rotatable bonds is 5. The van der Waals surface area contributed by atoms with Gasteiger partial charge in [-0.1, -0.05) is 11.8 Å². The second-order valence-electron chi connectivity index (χ2n) is 5.44. The number of hydrazine groups is 1. The van der Waals surface area contributed by atoms with Crippen LogP contribution in [0.25, 0.3) is 0 Å². The van der Waals surface area contributed by atoms with Crippen molar-refractivity contribution in [2.75, 3.05) is 0 Å². The first-order chi connectivity index (χ1) is 13.3. The number of nitro groups is 1. The molecule has 3 rings (SSSR count). The van der Waals surface area contributed by atoms with Crippen LogP contribution in [0.4, 0.5) is 5.69 Å². The number of nitrogens with zero attached hydrogens (tertiary/aromatic N) is 2. The Morgan fingerprint density at radius 1 is 1.29 bits per heavy atom. The van der Waals surface area contributed by atoms with Crippen molar-refractivity contribution in [3.8, 4) is 0 Å². The predicted molar refractivity (Wildman–Crippen MR) is 107 cm³/mol. The third kappa shape index (κ3) is 4.77. The van der Waals surface area contributed by atoms with Gasteiger partial charge in [-0.05, 0) is 41.1 Å². The molecule has 0 saturated carbocycles. The van der Waals surface area contributed by atoms with Gasteiger partial charge in [-0.15, -0.1) is 11.3 Å². The number of nitrogens with one attached hydrogen (secondary N) is 3. The normalized spacial score (nSPS) is 10.5. The zero-order chi connectivity index (χ0) is 20.3. The average molecular weight is 482 g/mol. The van der Waals surface area contributed by atoms with E-state index in [-0.39, 0.29) is 16.9 Å². The molecule has 9 nitrogen and oxygen atoms in total. The first-order valence-electron chi connectivity index (χ1n) is 7.66. The van der Waals surface area contributed by atoms with E-state index >= 15 is 0 Å². The molecule has 3 N–H and O–H groups in total. The van der Waals surface area contributed by atoms with Crippen molar-refractivity contribution in [2.24, 2.45) is 0 Å². The summed E-state index contributed by atoms with van der Waals surface area (Å²) in [7, 11) is 0. The molecule has 0 bridgehead atoms. The van der Waals surface area contributed by atoms with Crippen molar-refractivity contribution in [3.05, 3.63) is 67.4 Å². The molecule has 0 aliphatic rings. The summed E-state index contributed by atoms with van der Waals surface area (Å²) in [6.07, 6.45) is 1.57. The number of benzene rings is 1. The monoisotopic (exact) mass is 481 g/mol. The molecule has 12 heteroatoms. The van der Waals surface area contributed by atoms with E-state index in [1.165, 1.54) is 23.5 Å². The highest BCUT2D eigenvalue weighted by Gasteiger charge is 2.20. The van der Waals surface area contributed by atoms with Gasteiger partial charge in [-0.3, -0.25) is 30.6 Å². The minimum atomic E-state index is -0.677. The Labute approximate surface area is 175 Å². The average Bonchev–Trinajstić information content (AvgIpc) is 3.27. The zero-order valence-corrected chi connectivity index (χ0v) is 17.4. The van der Waals surface area contributed by atoms with Crippen LogP contribution in [0.15, 0.2) is 49.6 Å². The van der Waals surface area contributed by atoms with Gasteiger partial charge in [0, 0.05) is 33.4 Å². The van der Waals surface area contributed by atoms with Gasteiger partial charge in [0.1, 0.15) is 5.69 Å². The van der Waals surface area contributed by atoms with E-state index in [0.717, 1.165) is 23.5 Å². The fourth-order valence-electron chi connectivity index (χ4n) is 2.11. The molecule has 28 heavy (non-hydrogen) atoms. The lowest BCUT2D eigenvalue weighted by Crippen LogP contribution is -2.41. The number of halogens is 1. The van der Waals surface area contributed by atoms with Crippen LogP contribution in [0.2, 0.25) is 0 Å². The largest absolute Gasteiger partial charge is 0.356 e. The standard InChI is InChI=1S/C16H12BrN5O4S2/c1-8-7-27-16(19-8)28-13-3-2-9(4-12(13)22(25)26)14(23)20-21-15(24)11-5-10(17)6-18-11/h2-7,18H,1H3,(H,20,23)(H,21,24). The molecule has 0 atom stereocenters. The molecule has 0 unspecified atom stereocenters. The molecule has 3 aromatic rings. The maximum atomic E-state index is 12.2. The minimum Gasteiger partial charge on any atom is -0.356 e. The predicted octanol–water partition coefficient (Wildman–Crippen LogP) is 3.68. The molecule has 0 spiro atoms. The number of aryl methyl sites for hydroxylation is 1. The lowest BCUT2D eigenvalue weighted by Gasteiger charge is -2.07. The Hall–Kier alpha value is -2.70. The van der Waals surface area contributed by atoms with Crippen molar-refractivity contribution in [1.29, 1.82) is 0 Å². The van der Waals surface area contributed by atoms with Crippen LogP contribution in [-0.2, 0) is 0 Å². The number of H-pyrrole nitrogens is 1. The number of carbonyl (C=O) groups is 2. The van der Waals surface area contributed by atoms with Crippen molar-refractivity contribution >= 4 is 56.5 Å². The first kappa shape index (κ1) is 20.0. The van der Waals surface area contributed by atoms with Gasteiger partial charge in [-0.25, -0.2) is 4.98 Å². The quantitative estimate of drug-likeness (QED) is 0.376. The fourth-order valence-corrected chi connectivity index (χ4v) is 4.34. The lowest BCUT2D eigenvalue weighted by molar-refractivity contribution is -0.387. The smallest absolute Gasteiger partial charge is 0.286 e. The van der Waals surface area contributed by atoms with Gasteiger partial charge >= 0.3 is 0 Å². The highest BCUT2D eigenvalue weighted by atomic mass is 79.9. The molecule has 0 radical (unpaired) electrons. The molecule has 2 heterocycles. The minimum absolute atomic E-state index is 0.0411. The summed E-state index contributed by atoms with van der Waals surface area (Å²) < 4.78 is 1.35. The Balaban J connectivity index is 1.72. The number of hydrogen-bond donors (Lipinski definition) is 3. The van der Waals surface area contributed by atoms with Gasteiger partial charge in [0.05, 0.1) is 9.82 Å². The molecule has 1 aromatic carbocycles. The Bertz CT molecular complexity index is 1060. The molecule has 2 aromatic heterocycles. The van der Waals surface area contributed by atoms with E-state index in [4.69, 9.17) is 0 Å². The highest BCUT2D eigenvalue weighted by molar-refractivity contribution is 9.10. The molecule has 144 valence electrons. The Morgan fingerprint density at radius 3 is 2.64 bits per heavy atom. The van der Waals surface area contributed by atoms with Gasteiger partial charge in [0.15, 0.2) is 4.34 Å². The molecular formula is C16H12BrN5O4S2. The zero-order valence-electron chi connectivity index (χ0n) is 14.2. The number of thiazole rings is 1. The van der Waals surface area contributed by atoms with Crippen molar-refractivity contribution in [2.45, 2.75) is 16.2 Å². The lowest BCUT2D eigenvalue weighted by atomic mass is 10.2. The molecular weight excluding hydrogens is 470 g/mol. The Morgan fingerprint density at radius 2 is 2.04 bits per heavy atom. The van der Waals surface area contributed by atoms with E-state index in [1.54, 1.807) is 12.3 Å². The molecule has 0 fully saturated rings. The molecule has 2 amide bonds. The summed E-state index contributed by atoms with van der Waals surface area (Å²) in [5, 5.41) is 13.3. The van der Waals surface area contributed by atoms with Crippen molar-refractivity contribution in [3.63, 3.8) is 0 Å². The third-order valence-corrected chi connectivity index (χ3v) is 5.97. The van der Waals surface area contributed by atoms with Gasteiger partial charge in [0.2, 0.25) is 0 Å². The summed E-state index contributed by atoms with van der Waals surface area (Å²) >= 11 is 5.74. The molecule has 0 aliphatic heterocycles. The number of aromatic nitrogens is 2. The highest BCUT2D eigenvalue weighted by Crippen LogP contribution is 2.36. The van der Waals surface area contributed by atoms with Crippen LogP contribution in [-0.4, -0.2) is 26.7 Å². The van der Waals surface area contributed by atoms with E-state index in [0.29, 0.717) is 13.7 Å². The van der Waals surface area contributed by atoms with Crippen LogP contribution in [0.1, 0.15) is 26.5 Å².